The maximum atomic E-state index is 12.8. The smallest absolute Gasteiger partial charge is 0.187 e. The molecule has 4 heterocycles. The second-order valence-electron chi connectivity index (χ2n) is 24.8. The van der Waals surface area contributed by atoms with E-state index in [1.165, 1.54) is 0 Å². The molecule has 0 aromatic rings. The molecule has 0 bridgehead atoms. The fourth-order valence-electron chi connectivity index (χ4n) is 15.7. The van der Waals surface area contributed by atoms with Gasteiger partial charge in [0.05, 0.1) is 44.2 Å². The van der Waals surface area contributed by atoms with Crippen LogP contribution in [0.2, 0.25) is 0 Å². The van der Waals surface area contributed by atoms with Crippen molar-refractivity contribution in [3.05, 3.63) is 11.6 Å². The quantitative estimate of drug-likeness (QED) is 0.0739. The number of hydrogen-bond donors (Lipinski definition) is 13. The third kappa shape index (κ3) is 10.3. The van der Waals surface area contributed by atoms with E-state index in [9.17, 15) is 66.4 Å². The van der Waals surface area contributed by atoms with E-state index in [4.69, 9.17) is 37.9 Å². The third-order valence-electron chi connectivity index (χ3n) is 20.1. The highest BCUT2D eigenvalue weighted by Gasteiger charge is 2.72. The second kappa shape index (κ2) is 21.9. The number of fused-ring (bicyclic) bond motifs is 5. The molecular weight excluding hydrogens is 961 g/mol. The maximum absolute atomic E-state index is 12.8. The van der Waals surface area contributed by atoms with Gasteiger partial charge in [-0.2, -0.15) is 0 Å². The van der Waals surface area contributed by atoms with Crippen LogP contribution < -0.4 is 0 Å². The molecule has 4 saturated heterocycles. The summed E-state index contributed by atoms with van der Waals surface area (Å²) >= 11 is 0. The van der Waals surface area contributed by atoms with Crippen LogP contribution in [0.25, 0.3) is 0 Å². The molecular formula is C52H88O21. The minimum atomic E-state index is -1.71. The molecule has 10 unspecified atom stereocenters. The largest absolute Gasteiger partial charge is 0.394 e. The van der Waals surface area contributed by atoms with E-state index < -0.39 is 147 Å². The van der Waals surface area contributed by atoms with Gasteiger partial charge >= 0.3 is 0 Å². The molecule has 0 spiro atoms. The molecule has 73 heavy (non-hydrogen) atoms. The minimum Gasteiger partial charge on any atom is -0.394 e. The zero-order valence-electron chi connectivity index (χ0n) is 43.7. The normalized spacial score (nSPS) is 52.8. The van der Waals surface area contributed by atoms with Crippen molar-refractivity contribution < 1.29 is 104 Å². The fourth-order valence-corrected chi connectivity index (χ4v) is 15.7. The summed E-state index contributed by atoms with van der Waals surface area (Å²) < 4.78 is 48.7. The van der Waals surface area contributed by atoms with Crippen molar-refractivity contribution in [3.63, 3.8) is 0 Å². The summed E-state index contributed by atoms with van der Waals surface area (Å²) in [5.41, 5.74) is -1.36. The molecule has 21 heteroatoms. The van der Waals surface area contributed by atoms with Gasteiger partial charge < -0.3 is 104 Å². The Morgan fingerprint density at radius 1 is 0.603 bits per heavy atom. The van der Waals surface area contributed by atoms with Crippen LogP contribution in [0.5, 0.6) is 0 Å². The van der Waals surface area contributed by atoms with Gasteiger partial charge in [-0.15, -0.1) is 0 Å². The summed E-state index contributed by atoms with van der Waals surface area (Å²) in [6.07, 6.45) is -19.9. The molecule has 0 radical (unpaired) electrons. The molecule has 8 aliphatic rings. The van der Waals surface area contributed by atoms with Crippen molar-refractivity contribution in [2.24, 2.45) is 45.3 Å². The van der Waals surface area contributed by atoms with Crippen LogP contribution in [-0.2, 0) is 37.9 Å². The summed E-state index contributed by atoms with van der Waals surface area (Å²) in [4.78, 5) is 0. The van der Waals surface area contributed by atoms with Crippen molar-refractivity contribution in [1.82, 2.24) is 0 Å². The highest BCUT2D eigenvalue weighted by Crippen LogP contribution is 2.76. The molecule has 0 amide bonds. The van der Waals surface area contributed by atoms with E-state index in [2.05, 4.69) is 40.7 Å². The predicted molar refractivity (Wildman–Crippen MR) is 254 cm³/mol. The molecule has 28 atom stereocenters. The van der Waals surface area contributed by atoms with Gasteiger partial charge in [0.15, 0.2) is 25.2 Å². The first kappa shape index (κ1) is 58.1. The van der Waals surface area contributed by atoms with E-state index in [-0.39, 0.29) is 53.1 Å². The van der Waals surface area contributed by atoms with Crippen LogP contribution in [0.15, 0.2) is 11.6 Å². The average molecular weight is 1050 g/mol. The van der Waals surface area contributed by atoms with Gasteiger partial charge in [-0.25, -0.2) is 0 Å². The van der Waals surface area contributed by atoms with Gasteiger partial charge in [-0.05, 0) is 124 Å². The first-order valence-electron chi connectivity index (χ1n) is 26.7. The van der Waals surface area contributed by atoms with Crippen molar-refractivity contribution >= 4 is 0 Å². The summed E-state index contributed by atoms with van der Waals surface area (Å²) in [6.45, 7) is 15.6. The number of allylic oxidation sites excluding steroid dienone is 2. The topological polar surface area (TPSA) is 337 Å². The summed E-state index contributed by atoms with van der Waals surface area (Å²) in [5, 5.41) is 141. The van der Waals surface area contributed by atoms with Gasteiger partial charge in [-0.1, -0.05) is 46.3 Å². The Morgan fingerprint density at radius 2 is 1.19 bits per heavy atom. The molecule has 4 aliphatic carbocycles. The van der Waals surface area contributed by atoms with Gasteiger partial charge in [0.2, 0.25) is 0 Å². The summed E-state index contributed by atoms with van der Waals surface area (Å²) in [5.74, 6) is -0.324. The van der Waals surface area contributed by atoms with Crippen LogP contribution in [0, 0.1) is 45.3 Å². The summed E-state index contributed by atoms with van der Waals surface area (Å²) in [6, 6.07) is 0. The Hall–Kier alpha value is -1.10. The van der Waals surface area contributed by atoms with E-state index in [1.807, 2.05) is 20.8 Å². The van der Waals surface area contributed by atoms with Crippen LogP contribution in [0.1, 0.15) is 113 Å². The predicted octanol–water partition coefficient (Wildman–Crippen LogP) is -0.924. The molecule has 13 N–H and O–H groups in total. The van der Waals surface area contributed by atoms with E-state index in [0.717, 1.165) is 31.3 Å². The van der Waals surface area contributed by atoms with Crippen molar-refractivity contribution in [2.45, 2.75) is 242 Å². The maximum Gasteiger partial charge on any atom is 0.187 e. The van der Waals surface area contributed by atoms with Crippen LogP contribution >= 0.6 is 0 Å². The molecule has 422 valence electrons. The van der Waals surface area contributed by atoms with Crippen molar-refractivity contribution in [2.75, 3.05) is 26.4 Å². The monoisotopic (exact) mass is 1050 g/mol. The van der Waals surface area contributed by atoms with Gasteiger partial charge in [-0.3, -0.25) is 0 Å². The number of rotatable bonds is 14. The molecule has 0 aromatic heterocycles. The fraction of sp³-hybridized carbons (Fsp3) is 0.962. The van der Waals surface area contributed by atoms with Crippen LogP contribution in [-0.4, -0.2) is 221 Å². The van der Waals surface area contributed by atoms with Gasteiger partial charge in [0.25, 0.3) is 0 Å². The highest BCUT2D eigenvalue weighted by molar-refractivity contribution is 5.20. The molecule has 21 nitrogen and oxygen atoms in total. The van der Waals surface area contributed by atoms with E-state index >= 15 is 0 Å². The third-order valence-corrected chi connectivity index (χ3v) is 20.1. The first-order chi connectivity index (χ1) is 34.1. The molecule has 4 saturated carbocycles. The molecule has 8 rings (SSSR count). The summed E-state index contributed by atoms with van der Waals surface area (Å²) in [7, 11) is 0. The molecule has 8 fully saturated rings. The zero-order chi connectivity index (χ0) is 53.5. The Bertz CT molecular complexity index is 1890. The Kier molecular flexibility index (Phi) is 17.4. The lowest BCUT2D eigenvalue weighted by Crippen LogP contribution is -2.67. The molecule has 0 aromatic carbocycles. The average Bonchev–Trinajstić information content (AvgIpc) is 3.72. The second-order valence-corrected chi connectivity index (χ2v) is 24.8. The van der Waals surface area contributed by atoms with Crippen LogP contribution in [0.3, 0.4) is 0 Å². The number of aliphatic hydroxyl groups is 13. The van der Waals surface area contributed by atoms with Crippen LogP contribution in [0.4, 0.5) is 0 Å². The highest BCUT2D eigenvalue weighted by atomic mass is 16.8. The lowest BCUT2D eigenvalue weighted by atomic mass is 9.35. The minimum absolute atomic E-state index is 0.0797. The van der Waals surface area contributed by atoms with Gasteiger partial charge in [0, 0.05) is 0 Å². The van der Waals surface area contributed by atoms with Crippen molar-refractivity contribution in [3.8, 4) is 0 Å². The lowest BCUT2D eigenvalue weighted by Gasteiger charge is -2.71. The standard InChI is InChI=1S/C52H88O21/c1-23(2)10-9-14-52(8,73-47-43(39(62)36(59)28(19-53)69-47)72-45-41(64)35(58)27(56)21-67-45)24-11-16-51(7)33(24)25(54)18-31-49(5)15-13-32(48(3,4)30(49)12-17-50(31,51)6)71-46-42(65)38(61)37(60)29(70-46)22-68-44-40(63)34(57)26(55)20-66-44/h10,24-47,53-65H,9,11-22H2,1-8H3/t24?,25?,26-,27-,28-,29-,30?,31?,32?,33?,34+,35+,36-,37-,38+,39+,40-,41-,42-,43-,44-,45-,46+,47+,49?,50?,51?,52?/m1/s1. The Balaban J connectivity index is 1.01. The number of aliphatic hydroxyl groups excluding tert-OH is 13. The van der Waals surface area contributed by atoms with E-state index in [0.29, 0.717) is 32.1 Å². The van der Waals surface area contributed by atoms with E-state index in [1.54, 1.807) is 0 Å². The zero-order valence-corrected chi connectivity index (χ0v) is 43.7. The first-order valence-corrected chi connectivity index (χ1v) is 26.7. The Labute approximate surface area is 428 Å². The Morgan fingerprint density at radius 3 is 1.84 bits per heavy atom. The molecule has 4 aliphatic heterocycles. The SMILES string of the molecule is CC(C)=CCCC(C)(O[C@@H]1O[C@H](CO)[C@@H](O)[C@H](O)[C@H]1O[C@H]1OC[C@@H](O)[C@H](O)[C@H]1O)C1CCC2(C)C1C(O)CC1C3(C)CCC(O[C@@H]4O[C@H](CO[C@H]5OC[C@@H](O)[C@H](O)[C@H]5O)[C@@H](O)[C@H](O)[C@H]4O)C(C)(C)C3CCC12C. The number of hydrogen-bond acceptors (Lipinski definition) is 21. The van der Waals surface area contributed by atoms with Crippen molar-refractivity contribution in [1.29, 1.82) is 0 Å². The lowest BCUT2D eigenvalue weighted by molar-refractivity contribution is -0.374. The van der Waals surface area contributed by atoms with Gasteiger partial charge in [0.1, 0.15) is 85.5 Å². The number of ether oxygens (including phenoxy) is 8.